The summed E-state index contributed by atoms with van der Waals surface area (Å²) in [6, 6.07) is 5.00. The number of esters is 1. The molecule has 3 aliphatic rings. The largest absolute Gasteiger partial charge is 0.457 e. The van der Waals surface area contributed by atoms with Crippen LogP contribution in [0.4, 0.5) is 14.9 Å². The van der Waals surface area contributed by atoms with Crippen LogP contribution in [0.15, 0.2) is 35.9 Å². The van der Waals surface area contributed by atoms with Crippen LogP contribution >= 0.6 is 0 Å². The number of piperazine rings is 2. The first-order valence-corrected chi connectivity index (χ1v) is 18.2. The number of aliphatic hydroxyl groups is 2. The molecule has 0 bridgehead atoms. The molecule has 274 valence electrons. The van der Waals surface area contributed by atoms with E-state index < -0.39 is 24.3 Å². The first-order valence-electron chi connectivity index (χ1n) is 18.2. The number of carbonyl (C=O) groups excluding carboxylic acids is 2. The molecule has 0 spiro atoms. The monoisotopic (exact) mass is 686 g/mol. The van der Waals surface area contributed by atoms with E-state index in [1.165, 1.54) is 6.07 Å². The van der Waals surface area contributed by atoms with Crippen molar-refractivity contribution < 1.29 is 33.7 Å². The zero-order valence-corrected chi connectivity index (χ0v) is 30.4. The highest BCUT2D eigenvalue weighted by atomic mass is 19.1. The Bertz CT molecular complexity index is 1290. The van der Waals surface area contributed by atoms with Crippen molar-refractivity contribution in [3.8, 4) is 0 Å². The molecule has 0 aromatic heterocycles. The number of rotatable bonds is 8. The third kappa shape index (κ3) is 11.5. The number of hydrogen-bond acceptors (Lipinski definition) is 9. The Morgan fingerprint density at radius 2 is 1.76 bits per heavy atom. The van der Waals surface area contributed by atoms with Crippen molar-refractivity contribution >= 4 is 23.8 Å². The third-order valence-corrected chi connectivity index (χ3v) is 10.4. The fraction of sp³-hybridized carbons (Fsp3) is 0.684. The summed E-state index contributed by atoms with van der Waals surface area (Å²) in [6.45, 7) is 16.7. The second-order valence-electron chi connectivity index (χ2n) is 14.6. The average molecular weight is 687 g/mol. The Morgan fingerprint density at radius 3 is 2.43 bits per heavy atom. The van der Waals surface area contributed by atoms with Gasteiger partial charge in [0.05, 0.1) is 18.6 Å². The summed E-state index contributed by atoms with van der Waals surface area (Å²) >= 11 is 0. The molecule has 4 rings (SSSR count). The number of amides is 1. The molecular weight excluding hydrogens is 627 g/mol. The molecule has 1 aromatic carbocycles. The highest BCUT2D eigenvalue weighted by Crippen LogP contribution is 2.28. The van der Waals surface area contributed by atoms with Crippen LogP contribution in [0.25, 0.3) is 6.08 Å². The Morgan fingerprint density at radius 1 is 1.06 bits per heavy atom. The van der Waals surface area contributed by atoms with Gasteiger partial charge in [-0.25, -0.2) is 9.18 Å². The number of nitrogens with zero attached hydrogens (tertiary/aromatic N) is 4. The number of anilines is 1. The number of ether oxygens (including phenoxy) is 2. The van der Waals surface area contributed by atoms with Crippen molar-refractivity contribution in [2.75, 3.05) is 70.9 Å². The molecular formula is C38H59FN4O6. The highest BCUT2D eigenvalue weighted by Gasteiger charge is 2.29. The van der Waals surface area contributed by atoms with E-state index in [2.05, 4.69) is 21.6 Å². The number of cyclic esters (lactones) is 1. The average Bonchev–Trinajstić information content (AvgIpc) is 3.07. The van der Waals surface area contributed by atoms with Crippen molar-refractivity contribution in [1.82, 2.24) is 14.7 Å². The fourth-order valence-electron chi connectivity index (χ4n) is 6.96. The number of carbonyl (C=O) groups is 2. The third-order valence-electron chi connectivity index (χ3n) is 10.4. The smallest absolute Gasteiger partial charge is 0.410 e. The molecule has 0 aliphatic carbocycles. The molecule has 0 unspecified atom stereocenters. The number of hydrogen-bond donors (Lipinski definition) is 2. The summed E-state index contributed by atoms with van der Waals surface area (Å²) in [7, 11) is 2.03. The normalized spacial score (nSPS) is 29.0. The van der Waals surface area contributed by atoms with E-state index in [4.69, 9.17) is 9.47 Å². The van der Waals surface area contributed by atoms with Crippen LogP contribution in [0, 0.1) is 23.6 Å². The van der Waals surface area contributed by atoms with Gasteiger partial charge in [-0.3, -0.25) is 9.69 Å². The molecule has 1 amide bonds. The van der Waals surface area contributed by atoms with Gasteiger partial charge in [0.2, 0.25) is 0 Å². The number of halogens is 1. The molecule has 0 radical (unpaired) electrons. The molecule has 7 atom stereocenters. The van der Waals surface area contributed by atoms with Gasteiger partial charge in [-0.2, -0.15) is 0 Å². The highest BCUT2D eigenvalue weighted by molar-refractivity contribution is 5.71. The van der Waals surface area contributed by atoms with Gasteiger partial charge >= 0.3 is 12.1 Å². The molecule has 0 saturated carbocycles. The molecule has 3 heterocycles. The second kappa shape index (κ2) is 18.3. The Kier molecular flexibility index (Phi) is 14.5. The van der Waals surface area contributed by atoms with Gasteiger partial charge in [0.15, 0.2) is 0 Å². The van der Waals surface area contributed by atoms with E-state index >= 15 is 4.39 Å². The lowest BCUT2D eigenvalue weighted by atomic mass is 9.91. The molecule has 2 N–H and O–H groups in total. The van der Waals surface area contributed by atoms with Gasteiger partial charge < -0.3 is 34.4 Å². The maximum Gasteiger partial charge on any atom is 0.410 e. The number of likely N-dealkylation sites (N-methyl/N-ethyl adjacent to an activating group) is 1. The van der Waals surface area contributed by atoms with Crippen LogP contribution < -0.4 is 4.90 Å². The molecule has 2 saturated heterocycles. The zero-order valence-electron chi connectivity index (χ0n) is 30.4. The lowest BCUT2D eigenvalue weighted by molar-refractivity contribution is -0.151. The van der Waals surface area contributed by atoms with E-state index in [0.29, 0.717) is 31.5 Å². The quantitative estimate of drug-likeness (QED) is 0.295. The predicted octanol–water partition coefficient (Wildman–Crippen LogP) is 4.80. The second-order valence-corrected chi connectivity index (χ2v) is 14.6. The summed E-state index contributed by atoms with van der Waals surface area (Å²) in [5, 5.41) is 20.9. The molecule has 1 aromatic rings. The maximum absolute atomic E-state index is 15.0. The maximum atomic E-state index is 15.0. The standard InChI is InChI=1S/C38H59FN4O6/c1-7-34(45)29(5)25-41-14-18-42(19-15-41)32-22-30(21-31(39)23-32)20-28(4)37-27(3)9-11-35(26(2)8-10-33(44)24-36(46)49-37)48-38(47)43-16-12-40(6)13-17-43/h9,11,20-23,26-27,29,33-35,37,44-45H,7-8,10,12-19,24-25H2,1-6H3/b11-9+,28-20+/t26-,27+,29+,33+,34-,35-,37+/m1/s1. The summed E-state index contributed by atoms with van der Waals surface area (Å²) in [5.41, 5.74) is 2.20. The molecule has 3 aliphatic heterocycles. The van der Waals surface area contributed by atoms with E-state index in [0.717, 1.165) is 63.5 Å². The van der Waals surface area contributed by atoms with Crippen LogP contribution in [0.5, 0.6) is 0 Å². The minimum atomic E-state index is -0.876. The van der Waals surface area contributed by atoms with E-state index in [9.17, 15) is 19.8 Å². The van der Waals surface area contributed by atoms with Crippen molar-refractivity contribution in [2.24, 2.45) is 17.8 Å². The molecule has 2 fully saturated rings. The van der Waals surface area contributed by atoms with Crippen LogP contribution in [0.3, 0.4) is 0 Å². The Balaban J connectivity index is 1.50. The first kappa shape index (κ1) is 38.8. The van der Waals surface area contributed by atoms with Gasteiger partial charge in [0.25, 0.3) is 0 Å². The summed E-state index contributed by atoms with van der Waals surface area (Å²) in [4.78, 5) is 34.5. The molecule has 49 heavy (non-hydrogen) atoms. The Labute approximate surface area is 292 Å². The van der Waals surface area contributed by atoms with Crippen molar-refractivity contribution in [3.05, 3.63) is 47.3 Å². The predicted molar refractivity (Wildman–Crippen MR) is 191 cm³/mol. The van der Waals surface area contributed by atoms with Crippen molar-refractivity contribution in [2.45, 2.75) is 84.7 Å². The lowest BCUT2D eigenvalue weighted by Crippen LogP contribution is -2.48. The SMILES string of the molecule is CC[C@@H](O)[C@@H](C)CN1CCN(c2cc(F)cc(/C=C(\C)[C@H]3OC(=O)C[C@@H](O)CC[C@@H](C)[C@H](OC(=O)N4CCN(C)CC4)/C=C/[C@@H]3C)c2)CC1. The summed E-state index contributed by atoms with van der Waals surface area (Å²) in [5.74, 6) is -0.996. The molecule has 10 nitrogen and oxygen atoms in total. The van der Waals surface area contributed by atoms with Gasteiger partial charge in [0, 0.05) is 70.5 Å². The van der Waals surface area contributed by atoms with E-state index in [1.807, 2.05) is 59.0 Å². The van der Waals surface area contributed by atoms with Crippen molar-refractivity contribution in [1.29, 1.82) is 0 Å². The Hall–Kier alpha value is -2.99. The molecule has 11 heteroatoms. The number of aliphatic hydroxyl groups excluding tert-OH is 2. The van der Waals surface area contributed by atoms with Crippen LogP contribution in [0.1, 0.15) is 65.9 Å². The van der Waals surface area contributed by atoms with Gasteiger partial charge in [-0.05, 0) is 80.5 Å². The summed E-state index contributed by atoms with van der Waals surface area (Å²) < 4.78 is 27.0. The van der Waals surface area contributed by atoms with E-state index in [-0.39, 0.29) is 42.2 Å². The summed E-state index contributed by atoms with van der Waals surface area (Å²) in [6.07, 6.45) is 4.53. The van der Waals surface area contributed by atoms with Gasteiger partial charge in [0.1, 0.15) is 18.0 Å². The van der Waals surface area contributed by atoms with Gasteiger partial charge in [-0.1, -0.05) is 39.8 Å². The number of benzene rings is 1. The lowest BCUT2D eigenvalue weighted by Gasteiger charge is -2.38. The zero-order chi connectivity index (χ0) is 35.7. The topological polar surface area (TPSA) is 106 Å². The van der Waals surface area contributed by atoms with Crippen LogP contribution in [0.2, 0.25) is 0 Å². The van der Waals surface area contributed by atoms with Crippen LogP contribution in [-0.4, -0.2) is 127 Å². The first-order chi connectivity index (χ1) is 23.3. The van der Waals surface area contributed by atoms with Gasteiger partial charge in [-0.15, -0.1) is 0 Å². The fourth-order valence-corrected chi connectivity index (χ4v) is 6.96. The van der Waals surface area contributed by atoms with Crippen molar-refractivity contribution in [3.63, 3.8) is 0 Å². The van der Waals surface area contributed by atoms with Crippen LogP contribution in [-0.2, 0) is 14.3 Å². The minimum Gasteiger partial charge on any atom is -0.457 e. The minimum absolute atomic E-state index is 0.0704. The van der Waals surface area contributed by atoms with E-state index in [1.54, 1.807) is 11.0 Å².